The van der Waals surface area contributed by atoms with E-state index in [1.807, 2.05) is 106 Å². The van der Waals surface area contributed by atoms with Crippen LogP contribution in [-0.4, -0.2) is 80.7 Å². The second-order valence-corrected chi connectivity index (χ2v) is 14.3. The van der Waals surface area contributed by atoms with Crippen LogP contribution in [0.1, 0.15) is 67.3 Å². The number of carboxylic acid groups (broad SMARTS) is 1. The molecule has 1 aliphatic heterocycles. The molecule has 1 aliphatic rings. The van der Waals surface area contributed by atoms with Crippen LogP contribution in [0.4, 0.5) is 4.79 Å². The maximum atomic E-state index is 14.6. The molecule has 0 saturated carbocycles. The van der Waals surface area contributed by atoms with Crippen LogP contribution in [0.15, 0.2) is 89.5 Å². The maximum absolute atomic E-state index is 14.6. The highest BCUT2D eigenvalue weighted by atomic mass is 16.6. The van der Waals surface area contributed by atoms with Crippen LogP contribution in [0, 0.1) is 5.92 Å². The highest BCUT2D eigenvalue weighted by molar-refractivity contribution is 5.90. The highest BCUT2D eigenvalue weighted by Crippen LogP contribution is 2.28. The lowest BCUT2D eigenvalue weighted by atomic mass is 9.94. The van der Waals surface area contributed by atoms with Gasteiger partial charge in [-0.2, -0.15) is 4.98 Å². The van der Waals surface area contributed by atoms with Gasteiger partial charge in [0.1, 0.15) is 17.7 Å². The fourth-order valence-corrected chi connectivity index (χ4v) is 6.58. The Balaban J connectivity index is 1.27. The van der Waals surface area contributed by atoms with E-state index < -0.39 is 47.4 Å². The second-order valence-electron chi connectivity index (χ2n) is 14.3. The molecule has 2 atom stereocenters. The van der Waals surface area contributed by atoms with Gasteiger partial charge in [-0.25, -0.2) is 9.59 Å². The van der Waals surface area contributed by atoms with Gasteiger partial charge in [-0.15, -0.1) is 0 Å². The lowest BCUT2D eigenvalue weighted by molar-refractivity contribution is -0.139. The number of hydrogen-bond acceptors (Lipinski definition) is 8. The summed E-state index contributed by atoms with van der Waals surface area (Å²) in [6.07, 6.45) is 0.865. The third-order valence-electron chi connectivity index (χ3n) is 9.36. The third kappa shape index (κ3) is 8.56. The number of piperidine rings is 1. The first-order valence-electron chi connectivity index (χ1n) is 17.4. The number of amides is 3. The summed E-state index contributed by atoms with van der Waals surface area (Å²) in [5.74, 6) is -3.02. The molecule has 52 heavy (non-hydrogen) atoms. The minimum absolute atomic E-state index is 0.0355. The molecule has 12 heteroatoms. The molecule has 4 aromatic carbocycles. The molecule has 2 N–H and O–H groups in total. The number of carbonyl (C=O) groups excluding carboxylic acids is 3. The summed E-state index contributed by atoms with van der Waals surface area (Å²) < 4.78 is 11.0. The van der Waals surface area contributed by atoms with Crippen molar-refractivity contribution in [3.8, 4) is 0 Å². The van der Waals surface area contributed by atoms with Gasteiger partial charge in [0.2, 0.25) is 17.7 Å². The van der Waals surface area contributed by atoms with Crippen molar-refractivity contribution in [1.82, 2.24) is 25.3 Å². The first kappa shape index (κ1) is 36.0. The summed E-state index contributed by atoms with van der Waals surface area (Å²) in [5.41, 5.74) is 1.09. The Bertz CT molecular complexity index is 2100. The first-order chi connectivity index (χ1) is 24.8. The molecule has 1 fully saturated rings. The van der Waals surface area contributed by atoms with E-state index in [4.69, 9.17) is 9.26 Å². The average Bonchev–Trinajstić information content (AvgIpc) is 3.63. The van der Waals surface area contributed by atoms with Crippen LogP contribution >= 0.6 is 0 Å². The van der Waals surface area contributed by atoms with Crippen LogP contribution in [0.5, 0.6) is 0 Å². The summed E-state index contributed by atoms with van der Waals surface area (Å²) in [6.45, 7) is 6.14. The molecule has 0 radical (unpaired) electrons. The van der Waals surface area contributed by atoms with E-state index in [0.717, 1.165) is 32.7 Å². The number of likely N-dealkylation sites (tertiary alicyclic amines) is 1. The number of nitrogens with one attached hydrogen (secondary N) is 1. The lowest BCUT2D eigenvalue weighted by Gasteiger charge is -2.34. The summed E-state index contributed by atoms with van der Waals surface area (Å²) in [5, 5.41) is 20.3. The van der Waals surface area contributed by atoms with Crippen molar-refractivity contribution in [2.45, 2.75) is 64.1 Å². The van der Waals surface area contributed by atoms with Gasteiger partial charge in [-0.3, -0.25) is 9.59 Å². The molecule has 1 aromatic heterocycles. The van der Waals surface area contributed by atoms with Crippen LogP contribution in [-0.2, 0) is 27.2 Å². The van der Waals surface area contributed by atoms with E-state index in [1.165, 1.54) is 4.90 Å². The first-order valence-corrected chi connectivity index (χ1v) is 17.4. The minimum Gasteiger partial charge on any atom is -0.475 e. The third-order valence-corrected chi connectivity index (χ3v) is 9.36. The molecule has 2 unspecified atom stereocenters. The van der Waals surface area contributed by atoms with Crippen molar-refractivity contribution in [2.24, 2.45) is 5.92 Å². The number of benzene rings is 4. The SMILES string of the molecule is CN(C(=O)C(Cc1ccc2ccccc2c1)NC(=O)C1CCN(C(=O)OC(C)(C)C)CC1)C(Cc1ccc2ccccc2c1)c1nc(C(=O)O)no1. The molecule has 0 spiro atoms. The number of hydrogen-bond donors (Lipinski definition) is 2. The molecule has 0 aliphatic carbocycles. The average molecular weight is 706 g/mol. The molecule has 3 amide bonds. The number of aromatic nitrogens is 2. The quantitative estimate of drug-likeness (QED) is 0.173. The number of carboxylic acids is 1. The molecule has 5 aromatic rings. The summed E-state index contributed by atoms with van der Waals surface area (Å²) in [6, 6.07) is 25.8. The summed E-state index contributed by atoms with van der Waals surface area (Å²) >= 11 is 0. The zero-order valence-electron chi connectivity index (χ0n) is 29.7. The lowest BCUT2D eigenvalue weighted by Crippen LogP contribution is -2.52. The van der Waals surface area contributed by atoms with Crippen molar-refractivity contribution in [1.29, 1.82) is 0 Å². The Kier molecular flexibility index (Phi) is 10.5. The van der Waals surface area contributed by atoms with Gasteiger partial charge >= 0.3 is 12.1 Å². The molecule has 12 nitrogen and oxygen atoms in total. The van der Waals surface area contributed by atoms with Gasteiger partial charge in [0.25, 0.3) is 5.82 Å². The number of ether oxygens (including phenoxy) is 1. The Morgan fingerprint density at radius 2 is 1.44 bits per heavy atom. The smallest absolute Gasteiger partial charge is 0.410 e. The topological polar surface area (TPSA) is 155 Å². The van der Waals surface area contributed by atoms with Crippen molar-refractivity contribution in [3.05, 3.63) is 108 Å². The number of carbonyl (C=O) groups is 4. The number of aromatic carboxylic acids is 1. The largest absolute Gasteiger partial charge is 0.475 e. The zero-order chi connectivity index (χ0) is 37.0. The van der Waals surface area contributed by atoms with Crippen LogP contribution in [0.2, 0.25) is 0 Å². The molecular formula is C40H43N5O7. The van der Waals surface area contributed by atoms with Gasteiger partial charge < -0.3 is 29.5 Å². The van der Waals surface area contributed by atoms with Gasteiger partial charge in [-0.05, 0) is 71.4 Å². The van der Waals surface area contributed by atoms with E-state index in [1.54, 1.807) is 11.9 Å². The van der Waals surface area contributed by atoms with Crippen LogP contribution < -0.4 is 5.32 Å². The molecule has 270 valence electrons. The fraction of sp³-hybridized carbons (Fsp3) is 0.350. The second kappa shape index (κ2) is 15.2. The Hall–Kier alpha value is -5.78. The van der Waals surface area contributed by atoms with Crippen molar-refractivity contribution < 1.29 is 33.5 Å². The fourth-order valence-electron chi connectivity index (χ4n) is 6.58. The molecule has 1 saturated heterocycles. The zero-order valence-corrected chi connectivity index (χ0v) is 29.7. The standard InChI is InChI=1S/C40H43N5O7/c1-40(2,3)51-39(50)45-19-17-29(18-20-45)35(46)41-32(23-25-13-15-27-9-5-7-11-30(27)21-25)37(47)44(4)33(36-42-34(38(48)49)43-52-36)24-26-14-16-28-10-6-8-12-31(28)22-26/h5-16,21-22,29,32-33H,17-20,23-24H2,1-4H3,(H,41,46)(H,48,49). The van der Waals surface area contributed by atoms with Gasteiger partial charge in [0.15, 0.2) is 0 Å². The summed E-state index contributed by atoms with van der Waals surface area (Å²) in [4.78, 5) is 60.0. The van der Waals surface area contributed by atoms with Gasteiger partial charge in [0.05, 0.1) is 0 Å². The maximum Gasteiger partial charge on any atom is 0.410 e. The monoisotopic (exact) mass is 705 g/mol. The van der Waals surface area contributed by atoms with E-state index in [0.29, 0.717) is 25.9 Å². The molecule has 2 heterocycles. The van der Waals surface area contributed by atoms with Crippen molar-refractivity contribution >= 4 is 45.4 Å². The van der Waals surface area contributed by atoms with Gasteiger partial charge in [-0.1, -0.05) is 84.9 Å². The predicted octanol–water partition coefficient (Wildman–Crippen LogP) is 6.19. The van der Waals surface area contributed by atoms with E-state index in [9.17, 15) is 24.3 Å². The predicted molar refractivity (Wildman–Crippen MR) is 195 cm³/mol. The Morgan fingerprint density at radius 3 is 1.98 bits per heavy atom. The number of nitrogens with zero attached hydrogens (tertiary/aromatic N) is 4. The molecule has 0 bridgehead atoms. The van der Waals surface area contributed by atoms with E-state index >= 15 is 0 Å². The van der Waals surface area contributed by atoms with Crippen LogP contribution in [0.25, 0.3) is 21.5 Å². The van der Waals surface area contributed by atoms with Crippen molar-refractivity contribution in [2.75, 3.05) is 20.1 Å². The molecular weight excluding hydrogens is 662 g/mol. The number of likely N-dealkylation sites (N-methyl/N-ethyl adjacent to an activating group) is 1. The minimum atomic E-state index is -1.35. The summed E-state index contributed by atoms with van der Waals surface area (Å²) in [7, 11) is 1.59. The number of fused-ring (bicyclic) bond motifs is 2. The Labute approximate surface area is 301 Å². The van der Waals surface area contributed by atoms with Crippen LogP contribution in [0.3, 0.4) is 0 Å². The highest BCUT2D eigenvalue weighted by Gasteiger charge is 2.36. The van der Waals surface area contributed by atoms with E-state index in [2.05, 4.69) is 15.5 Å². The normalized spacial score (nSPS) is 14.9. The number of rotatable bonds is 10. The Morgan fingerprint density at radius 1 is 0.885 bits per heavy atom. The molecule has 6 rings (SSSR count). The van der Waals surface area contributed by atoms with Crippen molar-refractivity contribution in [3.63, 3.8) is 0 Å². The van der Waals surface area contributed by atoms with E-state index in [-0.39, 0.29) is 24.6 Å². The van der Waals surface area contributed by atoms with Gasteiger partial charge in [0, 0.05) is 38.9 Å².